The second-order valence-electron chi connectivity index (χ2n) is 13.5. The number of fused-ring (bicyclic) bond motifs is 1. The van der Waals surface area contributed by atoms with E-state index in [-0.39, 0.29) is 54.4 Å². The molecule has 12 heteroatoms. The predicted octanol–water partition coefficient (Wildman–Crippen LogP) is 7.59. The Morgan fingerprint density at radius 2 is 1.62 bits per heavy atom. The van der Waals surface area contributed by atoms with E-state index in [9.17, 15) is 31.5 Å². The maximum absolute atomic E-state index is 14.6. The molecule has 3 aromatic carbocycles. The first-order chi connectivity index (χ1) is 25.4. The van der Waals surface area contributed by atoms with Crippen molar-refractivity contribution in [2.45, 2.75) is 57.9 Å². The first-order valence-corrected chi connectivity index (χ1v) is 17.6. The second-order valence-corrected chi connectivity index (χ2v) is 13.5. The first-order valence-electron chi connectivity index (χ1n) is 17.6. The van der Waals surface area contributed by atoms with E-state index in [4.69, 9.17) is 4.74 Å². The van der Waals surface area contributed by atoms with E-state index in [0.29, 0.717) is 23.4 Å². The fourth-order valence-corrected chi connectivity index (χ4v) is 6.97. The molecule has 0 spiro atoms. The average Bonchev–Trinajstić information content (AvgIpc) is 3.15. The van der Waals surface area contributed by atoms with Crippen molar-refractivity contribution in [1.82, 2.24) is 19.4 Å². The summed E-state index contributed by atoms with van der Waals surface area (Å²) in [6, 6.07) is 19.6. The van der Waals surface area contributed by atoms with Gasteiger partial charge in [-0.3, -0.25) is 14.6 Å². The molecule has 1 amide bonds. The smallest absolute Gasteiger partial charge is 0.383 e. The number of likely N-dealkylation sites (tertiary alicyclic amines) is 1. The third-order valence-electron chi connectivity index (χ3n) is 9.93. The summed E-state index contributed by atoms with van der Waals surface area (Å²) in [4.78, 5) is 36.4. The van der Waals surface area contributed by atoms with Crippen LogP contribution in [0.1, 0.15) is 40.8 Å². The number of amides is 1. The van der Waals surface area contributed by atoms with Crippen LogP contribution in [0.25, 0.3) is 22.2 Å². The van der Waals surface area contributed by atoms with Gasteiger partial charge < -0.3 is 19.1 Å². The minimum absolute atomic E-state index is 0.0915. The third-order valence-corrected chi connectivity index (χ3v) is 9.93. The molecule has 0 atom stereocenters. The van der Waals surface area contributed by atoms with Crippen molar-refractivity contribution in [3.8, 4) is 11.1 Å². The molecule has 53 heavy (non-hydrogen) atoms. The Morgan fingerprint density at radius 3 is 2.28 bits per heavy atom. The third kappa shape index (κ3) is 9.00. The van der Waals surface area contributed by atoms with Gasteiger partial charge in [-0.25, -0.2) is 8.78 Å². The number of carbonyl (C=O) groups is 1. The van der Waals surface area contributed by atoms with E-state index in [2.05, 4.69) is 9.88 Å². The van der Waals surface area contributed by atoms with Gasteiger partial charge in [-0.15, -0.1) is 0 Å². The summed E-state index contributed by atoms with van der Waals surface area (Å²) in [5.74, 6) is -2.08. The molecule has 0 aliphatic carbocycles. The lowest BCUT2D eigenvalue weighted by Gasteiger charge is -2.39. The molecular weight excluding hydrogens is 691 g/mol. The van der Waals surface area contributed by atoms with Gasteiger partial charge in [0.05, 0.1) is 17.7 Å². The Hall–Kier alpha value is -4.94. The Bertz CT molecular complexity index is 2110. The van der Waals surface area contributed by atoms with Crippen LogP contribution in [0.3, 0.4) is 0 Å². The van der Waals surface area contributed by atoms with Gasteiger partial charge in [0.1, 0.15) is 12.1 Å². The van der Waals surface area contributed by atoms with Gasteiger partial charge >= 0.3 is 6.18 Å². The van der Waals surface area contributed by atoms with Crippen molar-refractivity contribution in [2.24, 2.45) is 0 Å². The van der Waals surface area contributed by atoms with Gasteiger partial charge in [-0.05, 0) is 84.7 Å². The van der Waals surface area contributed by atoms with Crippen molar-refractivity contribution >= 4 is 16.9 Å². The maximum atomic E-state index is 14.6. The van der Waals surface area contributed by atoms with E-state index in [1.54, 1.807) is 17.9 Å². The fourth-order valence-electron chi connectivity index (χ4n) is 6.97. The molecule has 1 saturated heterocycles. The Labute approximate surface area is 304 Å². The number of methoxy groups -OCH3 is 1. The molecule has 3 heterocycles. The van der Waals surface area contributed by atoms with Gasteiger partial charge in [0, 0.05) is 57.3 Å². The lowest BCUT2D eigenvalue weighted by Crippen LogP contribution is -2.48. The second kappa shape index (κ2) is 16.4. The molecule has 1 fully saturated rings. The zero-order valence-electron chi connectivity index (χ0n) is 29.6. The topological polar surface area (TPSA) is 67.7 Å². The summed E-state index contributed by atoms with van der Waals surface area (Å²) in [5.41, 5.74) is 3.34. The van der Waals surface area contributed by atoms with Crippen LogP contribution in [0.5, 0.6) is 0 Å². The lowest BCUT2D eigenvalue weighted by atomic mass is 10.00. The van der Waals surface area contributed by atoms with Gasteiger partial charge in [-0.1, -0.05) is 48.5 Å². The Balaban J connectivity index is 1.30. The number of ether oxygens (including phenoxy) is 1. The van der Waals surface area contributed by atoms with Gasteiger partial charge in [-0.2, -0.15) is 13.2 Å². The standard InChI is InChI=1S/C41H41F5N4O3/c1-27-22-36-40(47-24-27)37(51)23-34(15-12-31-4-3-5-35(42)39(31)43)49(36)26-38(52)50(33-16-18-48(19-17-33)20-21-53-2)25-28-6-8-29(9-7-28)30-10-13-32(14-11-30)41(44,45)46/h3-11,13-14,22-24,33H,12,15-21,25-26H2,1-2H3. The van der Waals surface area contributed by atoms with Crippen LogP contribution in [-0.2, 0) is 41.6 Å². The van der Waals surface area contributed by atoms with E-state index in [0.717, 1.165) is 67.4 Å². The summed E-state index contributed by atoms with van der Waals surface area (Å²) in [6.07, 6.45) is -1.08. The zero-order chi connectivity index (χ0) is 37.7. The maximum Gasteiger partial charge on any atom is 0.416 e. The number of alkyl halides is 3. The number of hydrogen-bond donors (Lipinski definition) is 0. The molecular formula is C41H41F5N4O3. The Kier molecular flexibility index (Phi) is 11.7. The molecule has 0 bridgehead atoms. The summed E-state index contributed by atoms with van der Waals surface area (Å²) in [7, 11) is 1.66. The number of piperidine rings is 1. The molecule has 0 saturated carbocycles. The molecule has 0 unspecified atom stereocenters. The Morgan fingerprint density at radius 1 is 0.943 bits per heavy atom. The van der Waals surface area contributed by atoms with E-state index >= 15 is 0 Å². The van der Waals surface area contributed by atoms with Gasteiger partial charge in [0.25, 0.3) is 0 Å². The number of rotatable bonds is 12. The molecule has 0 N–H and O–H groups in total. The van der Waals surface area contributed by atoms with Crippen molar-refractivity contribution < 1.29 is 31.5 Å². The summed E-state index contributed by atoms with van der Waals surface area (Å²) in [6.45, 7) is 4.96. The van der Waals surface area contributed by atoms with Crippen LogP contribution in [0.2, 0.25) is 0 Å². The SMILES string of the molecule is COCCN1CCC(N(Cc2ccc(-c3ccc(C(F)(F)F)cc3)cc2)C(=O)Cn2c(CCc3cccc(F)c3F)cc(=O)c3ncc(C)cc32)CC1. The average molecular weight is 733 g/mol. The van der Waals surface area contributed by atoms with Gasteiger partial charge in [0.15, 0.2) is 11.6 Å². The van der Waals surface area contributed by atoms with Crippen LogP contribution in [0.15, 0.2) is 89.9 Å². The molecule has 1 aliphatic rings. The largest absolute Gasteiger partial charge is 0.416 e. The number of pyridine rings is 2. The molecule has 2 aromatic heterocycles. The number of hydrogen-bond acceptors (Lipinski definition) is 5. The summed E-state index contributed by atoms with van der Waals surface area (Å²) >= 11 is 0. The highest BCUT2D eigenvalue weighted by Crippen LogP contribution is 2.31. The number of aryl methyl sites for hydroxylation is 3. The van der Waals surface area contributed by atoms with E-state index < -0.39 is 23.4 Å². The molecule has 5 aromatic rings. The number of halogens is 5. The first kappa shape index (κ1) is 37.8. The van der Waals surface area contributed by atoms with Crippen molar-refractivity contribution in [3.05, 3.63) is 135 Å². The quantitative estimate of drug-likeness (QED) is 0.124. The molecule has 6 rings (SSSR count). The minimum atomic E-state index is -4.42. The van der Waals surface area contributed by atoms with E-state index in [1.807, 2.05) is 42.2 Å². The highest BCUT2D eigenvalue weighted by molar-refractivity contribution is 5.81. The van der Waals surface area contributed by atoms with Crippen molar-refractivity contribution in [2.75, 3.05) is 33.4 Å². The van der Waals surface area contributed by atoms with Gasteiger partial charge in [0.2, 0.25) is 11.3 Å². The predicted molar refractivity (Wildman–Crippen MR) is 193 cm³/mol. The highest BCUT2D eigenvalue weighted by Gasteiger charge is 2.31. The number of nitrogens with zero attached hydrogens (tertiary/aromatic N) is 4. The monoisotopic (exact) mass is 732 g/mol. The van der Waals surface area contributed by atoms with Crippen LogP contribution in [0.4, 0.5) is 22.0 Å². The molecule has 1 aliphatic heterocycles. The number of carbonyl (C=O) groups excluding carboxylic acids is 1. The molecule has 7 nitrogen and oxygen atoms in total. The molecule has 0 radical (unpaired) electrons. The van der Waals surface area contributed by atoms with Crippen LogP contribution in [-0.4, -0.2) is 64.7 Å². The van der Waals surface area contributed by atoms with Crippen molar-refractivity contribution in [3.63, 3.8) is 0 Å². The number of benzene rings is 3. The normalized spacial score (nSPS) is 14.2. The van der Waals surface area contributed by atoms with Crippen LogP contribution >= 0.6 is 0 Å². The minimum Gasteiger partial charge on any atom is -0.383 e. The fraction of sp³-hybridized carbons (Fsp3) is 0.341. The summed E-state index contributed by atoms with van der Waals surface area (Å²) < 4.78 is 75.0. The summed E-state index contributed by atoms with van der Waals surface area (Å²) in [5, 5.41) is 0. The highest BCUT2D eigenvalue weighted by atomic mass is 19.4. The number of aromatic nitrogens is 2. The van der Waals surface area contributed by atoms with E-state index in [1.165, 1.54) is 30.3 Å². The molecule has 278 valence electrons. The van der Waals surface area contributed by atoms with Crippen molar-refractivity contribution in [1.29, 1.82) is 0 Å². The zero-order valence-corrected chi connectivity index (χ0v) is 29.6. The lowest BCUT2D eigenvalue weighted by molar-refractivity contribution is -0.137. The van der Waals surface area contributed by atoms with Crippen LogP contribution in [0, 0.1) is 18.6 Å². The van der Waals surface area contributed by atoms with Crippen LogP contribution < -0.4 is 5.43 Å².